The lowest BCUT2D eigenvalue weighted by molar-refractivity contribution is -0.255. The first-order valence-electron chi connectivity index (χ1n) is 10.3. The molecule has 0 aliphatic carbocycles. The summed E-state index contributed by atoms with van der Waals surface area (Å²) in [5, 5.41) is 17.3. The monoisotopic (exact) mass is 472 g/mol. The number of Topliss-reactive ketones (excluding diaryl/α,β-unsaturated/α-hetero) is 1. The van der Waals surface area contributed by atoms with Crippen LogP contribution in [0.1, 0.15) is 20.7 Å². The van der Waals surface area contributed by atoms with Crippen LogP contribution >= 0.6 is 11.6 Å². The van der Waals surface area contributed by atoms with Crippen LogP contribution in [-0.2, 0) is 9.59 Å². The van der Waals surface area contributed by atoms with Crippen LogP contribution in [0.25, 0.3) is 0 Å². The van der Waals surface area contributed by atoms with Crippen LogP contribution < -0.4 is 15.0 Å². The van der Waals surface area contributed by atoms with E-state index in [-0.39, 0.29) is 22.5 Å². The number of halogens is 1. The second-order valence-corrected chi connectivity index (χ2v) is 8.21. The fourth-order valence-electron chi connectivity index (χ4n) is 4.15. The van der Waals surface area contributed by atoms with Crippen molar-refractivity contribution < 1.29 is 24.3 Å². The molecular formula is C25H15ClN3O5-. The molecule has 0 unspecified atom stereocenters. The molecule has 0 saturated carbocycles. The Kier molecular flexibility index (Phi) is 5.22. The molecule has 3 aromatic rings. The number of para-hydroxylation sites is 1. The molecule has 2 aliphatic rings. The van der Waals surface area contributed by atoms with Gasteiger partial charge in [-0.15, -0.1) is 0 Å². The van der Waals surface area contributed by atoms with E-state index in [9.17, 15) is 24.3 Å². The molecule has 1 saturated heterocycles. The number of benzene rings is 3. The third kappa shape index (κ3) is 3.45. The van der Waals surface area contributed by atoms with Gasteiger partial charge in [0.05, 0.1) is 17.3 Å². The first-order valence-corrected chi connectivity index (χ1v) is 10.7. The highest BCUT2D eigenvalue weighted by Crippen LogP contribution is 2.38. The highest BCUT2D eigenvalue weighted by atomic mass is 35.5. The molecule has 5 rings (SSSR count). The molecule has 168 valence electrons. The number of carboxylic acids is 1. The largest absolute Gasteiger partial charge is 0.545 e. The highest BCUT2D eigenvalue weighted by molar-refractivity contribution is 6.53. The number of carbonyl (C=O) groups excluding carboxylic acids is 4. The van der Waals surface area contributed by atoms with Crippen molar-refractivity contribution in [1.29, 1.82) is 0 Å². The van der Waals surface area contributed by atoms with E-state index >= 15 is 0 Å². The minimum Gasteiger partial charge on any atom is -0.545 e. The normalized spacial score (nSPS) is 19.3. The number of hydrogen-bond donors (Lipinski definition) is 0. The number of fused-ring (bicyclic) bond motifs is 1. The van der Waals surface area contributed by atoms with Gasteiger partial charge in [-0.25, -0.2) is 4.90 Å². The van der Waals surface area contributed by atoms with Crippen molar-refractivity contribution in [1.82, 2.24) is 0 Å². The Balaban J connectivity index is 1.58. The number of carboxylic acid groups (broad SMARTS) is 1. The predicted octanol–water partition coefficient (Wildman–Crippen LogP) is 2.32. The molecule has 2 atom stereocenters. The van der Waals surface area contributed by atoms with E-state index in [1.54, 1.807) is 42.5 Å². The Bertz CT molecular complexity index is 1350. The zero-order chi connectivity index (χ0) is 24.0. The third-order valence-corrected chi connectivity index (χ3v) is 6.02. The Labute approximate surface area is 198 Å². The van der Waals surface area contributed by atoms with Gasteiger partial charge >= 0.3 is 0 Å². The van der Waals surface area contributed by atoms with Crippen LogP contribution in [0.3, 0.4) is 0 Å². The molecule has 3 aromatic carbocycles. The van der Waals surface area contributed by atoms with Crippen LogP contribution in [0.5, 0.6) is 0 Å². The molecule has 2 aliphatic heterocycles. The van der Waals surface area contributed by atoms with Gasteiger partial charge in [0.15, 0.2) is 0 Å². The molecule has 1 fully saturated rings. The van der Waals surface area contributed by atoms with Crippen molar-refractivity contribution in [2.45, 2.75) is 6.04 Å². The molecule has 9 heteroatoms. The average molecular weight is 473 g/mol. The van der Waals surface area contributed by atoms with E-state index in [2.05, 4.69) is 5.10 Å². The number of anilines is 2. The number of hydrazone groups is 1. The lowest BCUT2D eigenvalue weighted by Gasteiger charge is -2.22. The van der Waals surface area contributed by atoms with Crippen molar-refractivity contribution in [3.05, 3.63) is 95.0 Å². The fourth-order valence-corrected chi connectivity index (χ4v) is 4.27. The van der Waals surface area contributed by atoms with E-state index in [1.807, 2.05) is 0 Å². The molecule has 0 N–H and O–H groups in total. The summed E-state index contributed by atoms with van der Waals surface area (Å²) >= 11 is 5.93. The maximum Gasteiger partial charge on any atom is 0.259 e. The summed E-state index contributed by atoms with van der Waals surface area (Å²) < 4.78 is 0. The summed E-state index contributed by atoms with van der Waals surface area (Å²) in [5.41, 5.74) is 0.888. The summed E-state index contributed by atoms with van der Waals surface area (Å²) in [6, 6.07) is 19.1. The van der Waals surface area contributed by atoms with E-state index in [0.29, 0.717) is 10.7 Å². The topological polar surface area (TPSA) is 110 Å². The number of carbonyl (C=O) groups is 4. The summed E-state index contributed by atoms with van der Waals surface area (Å²) in [5.74, 6) is -4.17. The van der Waals surface area contributed by atoms with E-state index in [1.165, 1.54) is 41.4 Å². The number of hydrogen-bond acceptors (Lipinski definition) is 7. The summed E-state index contributed by atoms with van der Waals surface area (Å²) in [4.78, 5) is 52.3. The number of amides is 2. The Hall–Kier alpha value is -4.30. The quantitative estimate of drug-likeness (QED) is 0.416. The average Bonchev–Trinajstić information content (AvgIpc) is 3.36. The van der Waals surface area contributed by atoms with Crippen LogP contribution in [0.15, 0.2) is 84.0 Å². The van der Waals surface area contributed by atoms with Crippen LogP contribution in [-0.4, -0.2) is 35.3 Å². The minimum atomic E-state index is -1.37. The van der Waals surface area contributed by atoms with Crippen LogP contribution in [0.4, 0.5) is 11.4 Å². The number of rotatable bonds is 5. The lowest BCUT2D eigenvalue weighted by Crippen LogP contribution is -2.39. The molecular weight excluding hydrogens is 458 g/mol. The summed E-state index contributed by atoms with van der Waals surface area (Å²) in [6.45, 7) is 0. The number of ketones is 1. The van der Waals surface area contributed by atoms with Gasteiger partial charge in [0, 0.05) is 10.6 Å². The van der Waals surface area contributed by atoms with Gasteiger partial charge in [-0.05, 0) is 54.1 Å². The summed E-state index contributed by atoms with van der Waals surface area (Å²) in [7, 11) is 0. The van der Waals surface area contributed by atoms with E-state index in [4.69, 9.17) is 11.6 Å². The Morgan fingerprint density at radius 2 is 1.41 bits per heavy atom. The lowest BCUT2D eigenvalue weighted by atomic mass is 9.92. The molecule has 0 spiro atoms. The van der Waals surface area contributed by atoms with Gasteiger partial charge in [-0.1, -0.05) is 41.9 Å². The van der Waals surface area contributed by atoms with Crippen molar-refractivity contribution in [3.8, 4) is 0 Å². The van der Waals surface area contributed by atoms with Crippen LogP contribution in [0.2, 0.25) is 5.02 Å². The number of nitrogens with zero attached hydrogens (tertiary/aromatic N) is 3. The third-order valence-electron chi connectivity index (χ3n) is 5.77. The second kappa shape index (κ2) is 8.24. The number of aromatic carboxylic acids is 1. The minimum absolute atomic E-state index is 0.0524. The van der Waals surface area contributed by atoms with E-state index < -0.39 is 35.5 Å². The molecule has 34 heavy (non-hydrogen) atoms. The maximum absolute atomic E-state index is 13.5. The molecule has 2 heterocycles. The van der Waals surface area contributed by atoms with Gasteiger partial charge < -0.3 is 9.90 Å². The summed E-state index contributed by atoms with van der Waals surface area (Å²) in [6.07, 6.45) is 0. The molecule has 0 radical (unpaired) electrons. The predicted molar refractivity (Wildman–Crippen MR) is 123 cm³/mol. The van der Waals surface area contributed by atoms with Gasteiger partial charge in [0.2, 0.25) is 11.7 Å². The molecule has 0 aromatic heterocycles. The highest BCUT2D eigenvalue weighted by Gasteiger charge is 2.58. The Morgan fingerprint density at radius 1 is 0.794 bits per heavy atom. The van der Waals surface area contributed by atoms with Crippen molar-refractivity contribution in [2.24, 2.45) is 11.0 Å². The van der Waals surface area contributed by atoms with Gasteiger partial charge in [-0.2, -0.15) is 5.10 Å². The zero-order valence-electron chi connectivity index (χ0n) is 17.4. The van der Waals surface area contributed by atoms with E-state index in [0.717, 1.165) is 4.90 Å². The second-order valence-electron chi connectivity index (χ2n) is 7.77. The number of imide groups is 1. The van der Waals surface area contributed by atoms with Gasteiger partial charge in [0.1, 0.15) is 17.7 Å². The van der Waals surface area contributed by atoms with Crippen LogP contribution in [0, 0.1) is 5.92 Å². The van der Waals surface area contributed by atoms with Crippen molar-refractivity contribution >= 4 is 52.3 Å². The van der Waals surface area contributed by atoms with Crippen molar-refractivity contribution in [2.75, 3.05) is 9.91 Å². The molecule has 2 amide bonds. The fraction of sp³-hybridized carbons (Fsp3) is 0.0800. The Morgan fingerprint density at radius 3 is 2.03 bits per heavy atom. The first-order chi connectivity index (χ1) is 16.4. The molecule has 0 bridgehead atoms. The molecule has 8 nitrogen and oxygen atoms in total. The van der Waals surface area contributed by atoms with Crippen molar-refractivity contribution in [3.63, 3.8) is 0 Å². The first kappa shape index (κ1) is 21.5. The standard InChI is InChI=1S/C25H16ClN3O5/c26-16-10-6-14(7-11-16)22(30)20-19-21(29(27-20)18-4-2-1-3-5-18)24(32)28(23(19)31)17-12-8-15(9-13-17)25(33)34/h1-13,19,21H,(H,33,34)/p-1/t19-,21-/m0/s1. The van der Waals surface area contributed by atoms with Gasteiger partial charge in [0.25, 0.3) is 5.91 Å². The zero-order valence-corrected chi connectivity index (χ0v) is 18.2. The maximum atomic E-state index is 13.5. The smallest absolute Gasteiger partial charge is 0.259 e. The van der Waals surface area contributed by atoms with Gasteiger partial charge in [-0.3, -0.25) is 19.4 Å². The SMILES string of the molecule is O=C([O-])c1ccc(N2C(=O)[C@H]3C(C(=O)c4ccc(Cl)cc4)=NN(c4ccccc4)[C@@H]3C2=O)cc1.